The average molecular weight is 334 g/mol. The molecule has 3 rings (SSSR count). The first-order valence-electron chi connectivity index (χ1n) is 9.47. The minimum absolute atomic E-state index is 0.293. The summed E-state index contributed by atoms with van der Waals surface area (Å²) < 4.78 is 7.28. The molecular formula is C18H30N4O2. The molecule has 0 aromatic carbocycles. The van der Waals surface area contributed by atoms with Crippen LogP contribution in [-0.2, 0) is 11.3 Å². The summed E-state index contributed by atoms with van der Waals surface area (Å²) in [5, 5.41) is 7.40. The smallest absolute Gasteiger partial charge is 0.407 e. The fourth-order valence-electron chi connectivity index (χ4n) is 3.83. The van der Waals surface area contributed by atoms with Gasteiger partial charge in [0.15, 0.2) is 0 Å². The second-order valence-corrected chi connectivity index (χ2v) is 7.05. The van der Waals surface area contributed by atoms with E-state index in [9.17, 15) is 4.79 Å². The fourth-order valence-corrected chi connectivity index (χ4v) is 3.83. The van der Waals surface area contributed by atoms with Gasteiger partial charge in [-0.25, -0.2) is 9.48 Å². The van der Waals surface area contributed by atoms with E-state index in [-0.39, 0.29) is 6.09 Å². The third kappa shape index (κ3) is 4.22. The molecular weight excluding hydrogens is 304 g/mol. The van der Waals surface area contributed by atoms with E-state index in [0.717, 1.165) is 25.9 Å². The number of ether oxygens (including phenoxy) is 1. The third-order valence-electron chi connectivity index (χ3n) is 5.16. The number of anilines is 1. The first kappa shape index (κ1) is 17.1. The number of aromatic nitrogens is 2. The van der Waals surface area contributed by atoms with Gasteiger partial charge in [-0.15, -0.1) is 0 Å². The van der Waals surface area contributed by atoms with Crippen LogP contribution in [0.4, 0.5) is 10.6 Å². The molecule has 6 nitrogen and oxygen atoms in total. The van der Waals surface area contributed by atoms with Gasteiger partial charge in [0.25, 0.3) is 0 Å². The highest BCUT2D eigenvalue weighted by atomic mass is 16.5. The minimum atomic E-state index is -0.293. The monoisotopic (exact) mass is 334 g/mol. The quantitative estimate of drug-likeness (QED) is 0.812. The van der Waals surface area contributed by atoms with E-state index in [1.54, 1.807) is 0 Å². The van der Waals surface area contributed by atoms with Crippen LogP contribution >= 0.6 is 0 Å². The van der Waals surface area contributed by atoms with Crippen LogP contribution in [0.3, 0.4) is 0 Å². The van der Waals surface area contributed by atoms with Crippen molar-refractivity contribution in [2.75, 3.05) is 24.6 Å². The maximum absolute atomic E-state index is 11.8. The Balaban J connectivity index is 1.55. The maximum atomic E-state index is 11.8. The highest BCUT2D eigenvalue weighted by Gasteiger charge is 2.30. The average Bonchev–Trinajstić information content (AvgIpc) is 3.09. The molecule has 1 aromatic heterocycles. The number of carbonyl (C=O) groups excluding carboxylic acids is 1. The Kier molecular flexibility index (Phi) is 5.99. The summed E-state index contributed by atoms with van der Waals surface area (Å²) in [5.74, 6) is 1.61. The lowest BCUT2D eigenvalue weighted by Crippen LogP contribution is -2.48. The van der Waals surface area contributed by atoms with E-state index >= 15 is 0 Å². The molecule has 1 unspecified atom stereocenters. The molecule has 24 heavy (non-hydrogen) atoms. The zero-order chi connectivity index (χ0) is 16.8. The van der Waals surface area contributed by atoms with E-state index in [1.807, 2.05) is 6.20 Å². The van der Waals surface area contributed by atoms with Gasteiger partial charge in [0.1, 0.15) is 5.82 Å². The van der Waals surface area contributed by atoms with Crippen LogP contribution in [0.15, 0.2) is 12.3 Å². The first-order chi connectivity index (χ1) is 11.8. The molecule has 1 amide bonds. The SMILES string of the molecule is CCCCOC(=O)NCC1CN(C2CCCCC2)c2ccnn2C1. The predicted octanol–water partition coefficient (Wildman–Crippen LogP) is 3.18. The van der Waals surface area contributed by atoms with Crippen LogP contribution in [0.2, 0.25) is 0 Å². The molecule has 2 aliphatic rings. The number of hydrogen-bond donors (Lipinski definition) is 1. The van der Waals surface area contributed by atoms with Crippen LogP contribution < -0.4 is 10.2 Å². The number of amides is 1. The number of fused-ring (bicyclic) bond motifs is 1. The Morgan fingerprint density at radius 3 is 2.96 bits per heavy atom. The second kappa shape index (κ2) is 8.40. The highest BCUT2D eigenvalue weighted by molar-refractivity contribution is 5.67. The normalized spacial score (nSPS) is 21.4. The molecule has 0 spiro atoms. The van der Waals surface area contributed by atoms with Crippen molar-refractivity contribution in [3.05, 3.63) is 12.3 Å². The Morgan fingerprint density at radius 2 is 2.17 bits per heavy atom. The molecule has 2 heterocycles. The lowest BCUT2D eigenvalue weighted by Gasteiger charge is -2.41. The molecule has 0 bridgehead atoms. The Morgan fingerprint density at radius 1 is 1.33 bits per heavy atom. The summed E-state index contributed by atoms with van der Waals surface area (Å²) >= 11 is 0. The number of unbranched alkanes of at least 4 members (excludes halogenated alkanes) is 1. The summed E-state index contributed by atoms with van der Waals surface area (Å²) in [6.07, 6.45) is 10.1. The van der Waals surface area contributed by atoms with E-state index in [0.29, 0.717) is 25.1 Å². The highest BCUT2D eigenvalue weighted by Crippen LogP contribution is 2.31. The molecule has 1 aromatic rings. The molecule has 1 fully saturated rings. The Bertz CT molecular complexity index is 525. The van der Waals surface area contributed by atoms with E-state index in [2.05, 4.69) is 33.0 Å². The zero-order valence-corrected chi connectivity index (χ0v) is 14.7. The van der Waals surface area contributed by atoms with Crippen molar-refractivity contribution in [3.8, 4) is 0 Å². The second-order valence-electron chi connectivity index (χ2n) is 7.05. The molecule has 1 aliphatic carbocycles. The van der Waals surface area contributed by atoms with Crippen molar-refractivity contribution in [1.82, 2.24) is 15.1 Å². The lowest BCUT2D eigenvalue weighted by atomic mass is 9.92. The number of nitrogens with zero attached hydrogens (tertiary/aromatic N) is 3. The van der Waals surface area contributed by atoms with Crippen LogP contribution in [0.1, 0.15) is 51.9 Å². The van der Waals surface area contributed by atoms with Crippen LogP contribution in [0, 0.1) is 5.92 Å². The van der Waals surface area contributed by atoms with E-state index < -0.39 is 0 Å². The zero-order valence-electron chi connectivity index (χ0n) is 14.7. The van der Waals surface area contributed by atoms with Crippen LogP contribution in [0.5, 0.6) is 0 Å². The molecule has 134 valence electrons. The largest absolute Gasteiger partial charge is 0.450 e. The number of alkyl carbamates (subject to hydrolysis) is 1. The Hall–Kier alpha value is -1.72. The van der Waals surface area contributed by atoms with Gasteiger partial charge in [-0.3, -0.25) is 0 Å². The number of rotatable bonds is 6. The van der Waals surface area contributed by atoms with E-state index in [1.165, 1.54) is 37.9 Å². The molecule has 1 atom stereocenters. The summed E-state index contributed by atoms with van der Waals surface area (Å²) in [5.41, 5.74) is 0. The van der Waals surface area contributed by atoms with Gasteiger partial charge in [0, 0.05) is 37.7 Å². The van der Waals surface area contributed by atoms with E-state index in [4.69, 9.17) is 4.74 Å². The number of nitrogens with one attached hydrogen (secondary N) is 1. The van der Waals surface area contributed by atoms with Crippen molar-refractivity contribution in [2.45, 2.75) is 64.5 Å². The third-order valence-corrected chi connectivity index (χ3v) is 5.16. The van der Waals surface area contributed by atoms with Gasteiger partial charge in [-0.2, -0.15) is 5.10 Å². The van der Waals surface area contributed by atoms with Crippen molar-refractivity contribution in [3.63, 3.8) is 0 Å². The van der Waals surface area contributed by atoms with Gasteiger partial charge >= 0.3 is 6.09 Å². The minimum Gasteiger partial charge on any atom is -0.450 e. The molecule has 0 saturated heterocycles. The van der Waals surface area contributed by atoms with Gasteiger partial charge in [0.2, 0.25) is 0 Å². The molecule has 1 N–H and O–H groups in total. The topological polar surface area (TPSA) is 59.4 Å². The first-order valence-corrected chi connectivity index (χ1v) is 9.47. The van der Waals surface area contributed by atoms with Gasteiger partial charge in [-0.1, -0.05) is 32.6 Å². The van der Waals surface area contributed by atoms with Crippen LogP contribution in [-0.4, -0.2) is 41.6 Å². The van der Waals surface area contributed by atoms with Crippen molar-refractivity contribution >= 4 is 11.9 Å². The lowest BCUT2D eigenvalue weighted by molar-refractivity contribution is 0.142. The summed E-state index contributed by atoms with van der Waals surface area (Å²) in [6, 6.07) is 2.74. The fraction of sp³-hybridized carbons (Fsp3) is 0.778. The van der Waals surface area contributed by atoms with Crippen LogP contribution in [0.25, 0.3) is 0 Å². The number of hydrogen-bond acceptors (Lipinski definition) is 4. The van der Waals surface area contributed by atoms with Gasteiger partial charge in [0.05, 0.1) is 12.8 Å². The molecule has 0 radical (unpaired) electrons. The van der Waals surface area contributed by atoms with Crippen molar-refractivity contribution in [1.29, 1.82) is 0 Å². The van der Waals surface area contributed by atoms with Gasteiger partial charge in [-0.05, 0) is 19.3 Å². The van der Waals surface area contributed by atoms with Gasteiger partial charge < -0.3 is 15.0 Å². The number of carbonyl (C=O) groups is 1. The standard InChI is InChI=1S/C18H30N4O2/c1-2-3-11-24-18(23)19-12-15-13-21(16-7-5-4-6-8-16)17-9-10-20-22(17)14-15/h9-10,15-16H,2-8,11-14H2,1H3,(H,19,23). The van der Waals surface area contributed by atoms with Crippen molar-refractivity contribution < 1.29 is 9.53 Å². The summed E-state index contributed by atoms with van der Waals surface area (Å²) in [4.78, 5) is 14.3. The molecule has 1 saturated carbocycles. The summed E-state index contributed by atoms with van der Waals surface area (Å²) in [6.45, 7) is 5.09. The van der Waals surface area contributed by atoms with Crippen molar-refractivity contribution in [2.24, 2.45) is 5.92 Å². The Labute approximate surface area is 144 Å². The predicted molar refractivity (Wildman–Crippen MR) is 94.2 cm³/mol. The molecule has 6 heteroatoms. The molecule has 1 aliphatic heterocycles. The maximum Gasteiger partial charge on any atom is 0.407 e. The summed E-state index contributed by atoms with van der Waals surface area (Å²) in [7, 11) is 0.